The van der Waals surface area contributed by atoms with Gasteiger partial charge in [-0.2, -0.15) is 4.39 Å². The smallest absolute Gasteiger partial charge is 0.307 e. The molecule has 2 N–H and O–H groups in total. The van der Waals surface area contributed by atoms with Crippen molar-refractivity contribution in [2.45, 2.75) is 23.6 Å². The van der Waals surface area contributed by atoms with Crippen LogP contribution in [0.15, 0.2) is 40.5 Å². The molecule has 4 rings (SSSR count). The van der Waals surface area contributed by atoms with Crippen molar-refractivity contribution >= 4 is 43.5 Å². The van der Waals surface area contributed by atoms with Crippen LogP contribution in [0.4, 0.5) is 4.39 Å². The largest absolute Gasteiger partial charge is 0.486 e. The number of nitrogens with one attached hydrogen (secondary N) is 1. The van der Waals surface area contributed by atoms with E-state index in [2.05, 4.69) is 15.0 Å². The molecule has 10 nitrogen and oxygen atoms in total. The Labute approximate surface area is 217 Å². The van der Waals surface area contributed by atoms with Crippen LogP contribution in [0.5, 0.6) is 17.2 Å². The number of pyridine rings is 1. The molecule has 3 heterocycles. The lowest BCUT2D eigenvalue weighted by Gasteiger charge is -2.15. The van der Waals surface area contributed by atoms with Gasteiger partial charge in [0.1, 0.15) is 17.4 Å². The second-order valence-corrected chi connectivity index (χ2v) is 11.6. The topological polar surface area (TPSA) is 140 Å². The lowest BCUT2D eigenvalue weighted by molar-refractivity contribution is -0.141. The third kappa shape index (κ3) is 5.89. The number of carboxylic acids is 1. The molecule has 0 spiro atoms. The maximum Gasteiger partial charge on any atom is 0.307 e. The molecule has 37 heavy (non-hydrogen) atoms. The number of H-pyrrole nitrogens is 1. The molecule has 0 radical (unpaired) electrons. The van der Waals surface area contributed by atoms with Gasteiger partial charge in [0.05, 0.1) is 36.5 Å². The fourth-order valence-electron chi connectivity index (χ4n) is 3.87. The van der Waals surface area contributed by atoms with E-state index in [1.54, 1.807) is 6.07 Å². The Bertz CT molecular complexity index is 1440. The van der Waals surface area contributed by atoms with Gasteiger partial charge in [-0.25, -0.2) is 13.4 Å². The minimum absolute atomic E-state index is 0.0753. The molecule has 1 aromatic carbocycles. The second-order valence-electron chi connectivity index (χ2n) is 8.37. The first kappa shape index (κ1) is 26.9. The monoisotopic (exact) mass is 551 g/mol. The Morgan fingerprint density at radius 1 is 1.32 bits per heavy atom. The number of halogens is 1. The number of hydrogen-bond acceptors (Lipinski definition) is 9. The summed E-state index contributed by atoms with van der Waals surface area (Å²) in [7, 11) is -1.99. The summed E-state index contributed by atoms with van der Waals surface area (Å²) >= 11 is 1.38. The number of hydrogen-bond donors (Lipinski definition) is 2. The number of methoxy groups -OCH3 is 1. The van der Waals surface area contributed by atoms with Crippen molar-refractivity contribution in [3.63, 3.8) is 0 Å². The van der Waals surface area contributed by atoms with Crippen LogP contribution in [-0.4, -0.2) is 72.9 Å². The molecular weight excluding hydrogens is 525 g/mol. The molecule has 0 fully saturated rings. The van der Waals surface area contributed by atoms with Gasteiger partial charge in [0.2, 0.25) is 5.82 Å². The molecule has 1 aliphatic heterocycles. The number of aliphatic imine (C=N–C) groups is 1. The minimum atomic E-state index is -3.49. The van der Waals surface area contributed by atoms with Crippen LogP contribution in [-0.2, 0) is 19.4 Å². The Kier molecular flexibility index (Phi) is 8.05. The molecule has 13 heteroatoms. The second kappa shape index (κ2) is 11.1. The zero-order valence-corrected chi connectivity index (χ0v) is 22.0. The van der Waals surface area contributed by atoms with Crippen LogP contribution < -0.4 is 9.47 Å². The summed E-state index contributed by atoms with van der Waals surface area (Å²) in [4.78, 5) is 23.1. The van der Waals surface area contributed by atoms with Crippen molar-refractivity contribution in [3.8, 4) is 17.2 Å². The SMILES string of the molecule is CCC(C(=O)O)C1CN=C(c2cc3cc(Oc4ccc(S(C)(=O)=O)nc4)c(F)c(OCCOC)c3[nH]2)S1. The van der Waals surface area contributed by atoms with Crippen LogP contribution in [0.25, 0.3) is 10.9 Å². The standard InChI is InChI=1S/C24H26FN3O7S2/c1-4-15(24(29)30)18-12-27-23(36-18)16-9-13-10-17(20(25)22(21(13)28-16)34-8-7-33-2)35-14-5-6-19(26-11-14)37(3,31)32/h5-6,9-11,15,18,28H,4,7-8,12H2,1-3H3,(H,29,30). The highest BCUT2D eigenvalue weighted by molar-refractivity contribution is 8.15. The lowest BCUT2D eigenvalue weighted by atomic mass is 10.0. The molecule has 2 atom stereocenters. The number of carbonyl (C=O) groups is 1. The van der Waals surface area contributed by atoms with Gasteiger partial charge in [-0.15, -0.1) is 0 Å². The molecule has 2 aromatic heterocycles. The highest BCUT2D eigenvalue weighted by Gasteiger charge is 2.33. The third-order valence-corrected chi connectivity index (χ3v) is 8.10. The summed E-state index contributed by atoms with van der Waals surface area (Å²) in [5.74, 6) is -2.22. The average molecular weight is 552 g/mol. The van der Waals surface area contributed by atoms with Gasteiger partial charge in [0.15, 0.2) is 26.4 Å². The summed E-state index contributed by atoms with van der Waals surface area (Å²) in [5.41, 5.74) is 0.994. The van der Waals surface area contributed by atoms with E-state index < -0.39 is 27.5 Å². The molecule has 0 saturated carbocycles. The Hall–Kier alpha value is -3.16. The highest BCUT2D eigenvalue weighted by atomic mass is 32.2. The fraction of sp³-hybridized carbons (Fsp3) is 0.375. The number of aromatic amines is 1. The van der Waals surface area contributed by atoms with E-state index >= 15 is 4.39 Å². The summed E-state index contributed by atoms with van der Waals surface area (Å²) in [6, 6.07) is 5.92. The number of thioether (sulfide) groups is 1. The van der Waals surface area contributed by atoms with Crippen molar-refractivity contribution in [1.82, 2.24) is 9.97 Å². The summed E-state index contributed by atoms with van der Waals surface area (Å²) in [6.07, 6.45) is 2.73. The van der Waals surface area contributed by atoms with Crippen molar-refractivity contribution in [2.24, 2.45) is 10.9 Å². The molecule has 0 saturated heterocycles. The zero-order chi connectivity index (χ0) is 26.7. The van der Waals surface area contributed by atoms with E-state index in [1.165, 1.54) is 43.3 Å². The average Bonchev–Trinajstić information content (AvgIpc) is 3.49. The predicted molar refractivity (Wildman–Crippen MR) is 137 cm³/mol. The molecule has 3 aromatic rings. The zero-order valence-electron chi connectivity index (χ0n) is 20.4. The van der Waals surface area contributed by atoms with Crippen molar-refractivity contribution in [3.05, 3.63) is 42.0 Å². The minimum Gasteiger partial charge on any atom is -0.486 e. The van der Waals surface area contributed by atoms with Gasteiger partial charge in [0.25, 0.3) is 0 Å². The van der Waals surface area contributed by atoms with Gasteiger partial charge in [-0.1, -0.05) is 18.7 Å². The number of aliphatic carboxylic acids is 1. The van der Waals surface area contributed by atoms with E-state index in [9.17, 15) is 18.3 Å². The van der Waals surface area contributed by atoms with Crippen molar-refractivity contribution < 1.29 is 36.9 Å². The van der Waals surface area contributed by atoms with Gasteiger partial charge >= 0.3 is 5.97 Å². The number of aromatic nitrogens is 2. The van der Waals surface area contributed by atoms with Crippen LogP contribution >= 0.6 is 11.8 Å². The first-order chi connectivity index (χ1) is 17.6. The number of benzene rings is 1. The van der Waals surface area contributed by atoms with Crippen LogP contribution in [0.2, 0.25) is 0 Å². The lowest BCUT2D eigenvalue weighted by Crippen LogP contribution is -2.26. The number of ether oxygens (including phenoxy) is 3. The van der Waals surface area contributed by atoms with Crippen molar-refractivity contribution in [2.75, 3.05) is 33.1 Å². The number of nitrogens with zero attached hydrogens (tertiary/aromatic N) is 2. The van der Waals surface area contributed by atoms with Gasteiger partial charge in [-0.05, 0) is 30.7 Å². The molecule has 198 valence electrons. The number of rotatable bonds is 11. The van der Waals surface area contributed by atoms with E-state index in [0.717, 1.165) is 6.26 Å². The van der Waals surface area contributed by atoms with Crippen LogP contribution in [0.1, 0.15) is 19.0 Å². The molecular formula is C24H26FN3O7S2. The van der Waals surface area contributed by atoms with Crippen LogP contribution in [0.3, 0.4) is 0 Å². The van der Waals surface area contributed by atoms with Crippen LogP contribution in [0, 0.1) is 11.7 Å². The maximum absolute atomic E-state index is 15.5. The number of sulfone groups is 1. The Morgan fingerprint density at radius 3 is 2.73 bits per heavy atom. The van der Waals surface area contributed by atoms with Gasteiger partial charge < -0.3 is 24.3 Å². The maximum atomic E-state index is 15.5. The van der Waals surface area contributed by atoms with E-state index in [4.69, 9.17) is 14.2 Å². The van der Waals surface area contributed by atoms with E-state index in [-0.39, 0.29) is 40.7 Å². The Morgan fingerprint density at radius 2 is 2.11 bits per heavy atom. The normalized spacial score (nSPS) is 16.5. The Balaban J connectivity index is 1.67. The molecule has 0 bridgehead atoms. The first-order valence-corrected chi connectivity index (χ1v) is 14.1. The summed E-state index contributed by atoms with van der Waals surface area (Å²) < 4.78 is 55.3. The molecule has 0 aliphatic carbocycles. The number of carboxylic acid groups (broad SMARTS) is 1. The molecule has 0 amide bonds. The summed E-state index contributed by atoms with van der Waals surface area (Å²) in [5, 5.41) is 10.4. The van der Waals surface area contributed by atoms with Crippen molar-refractivity contribution in [1.29, 1.82) is 0 Å². The highest BCUT2D eigenvalue weighted by Crippen LogP contribution is 2.39. The van der Waals surface area contributed by atoms with E-state index in [0.29, 0.717) is 34.6 Å². The van der Waals surface area contributed by atoms with Gasteiger partial charge in [0, 0.05) is 24.0 Å². The number of fused-ring (bicyclic) bond motifs is 1. The molecule has 1 aliphatic rings. The first-order valence-electron chi connectivity index (χ1n) is 11.4. The van der Waals surface area contributed by atoms with Gasteiger partial charge in [-0.3, -0.25) is 9.79 Å². The fourth-order valence-corrected chi connectivity index (χ4v) is 5.72. The third-order valence-electron chi connectivity index (χ3n) is 5.74. The quantitative estimate of drug-likeness (QED) is 0.340. The molecule has 2 unspecified atom stereocenters. The van der Waals surface area contributed by atoms with E-state index in [1.807, 2.05) is 6.92 Å². The summed E-state index contributed by atoms with van der Waals surface area (Å²) in [6.45, 7) is 2.52. The predicted octanol–water partition coefficient (Wildman–Crippen LogP) is 3.90.